The molecule has 3 aromatic carbocycles. The standard InChI is InChI=1S/C20H18O4/c21-19(22)12-10-15-9-11-16-17(20(15)23)7-4-8-18(16)24-13-14-5-2-1-3-6-14/h1-9,11,23H,10,12-13H2,(H,21,22). The third kappa shape index (κ3) is 3.49. The van der Waals surface area contributed by atoms with Crippen LogP contribution in [-0.4, -0.2) is 16.2 Å². The molecule has 2 N–H and O–H groups in total. The number of carbonyl (C=O) groups is 1. The lowest BCUT2D eigenvalue weighted by molar-refractivity contribution is -0.136. The Balaban J connectivity index is 1.87. The van der Waals surface area contributed by atoms with Crippen LogP contribution in [0.1, 0.15) is 17.5 Å². The number of aromatic hydroxyl groups is 1. The van der Waals surface area contributed by atoms with Gasteiger partial charge < -0.3 is 14.9 Å². The lowest BCUT2D eigenvalue weighted by atomic mass is 10.0. The molecule has 0 spiro atoms. The van der Waals surface area contributed by atoms with E-state index in [1.165, 1.54) is 0 Å². The fourth-order valence-electron chi connectivity index (χ4n) is 2.66. The molecule has 0 unspecified atom stereocenters. The lowest BCUT2D eigenvalue weighted by Gasteiger charge is -2.12. The lowest BCUT2D eigenvalue weighted by Crippen LogP contribution is -1.98. The molecule has 0 aliphatic carbocycles. The number of carboxylic acid groups (broad SMARTS) is 1. The third-order valence-corrected chi connectivity index (χ3v) is 3.92. The van der Waals surface area contributed by atoms with Gasteiger partial charge in [-0.2, -0.15) is 0 Å². The van der Waals surface area contributed by atoms with Gasteiger partial charge in [0, 0.05) is 17.2 Å². The van der Waals surface area contributed by atoms with Gasteiger partial charge in [0.1, 0.15) is 18.1 Å². The minimum absolute atomic E-state index is 0.0107. The second-order valence-corrected chi connectivity index (χ2v) is 5.59. The number of aliphatic carboxylic acids is 1. The van der Waals surface area contributed by atoms with E-state index in [0.717, 1.165) is 10.9 Å². The molecule has 0 atom stereocenters. The molecule has 3 rings (SSSR count). The van der Waals surface area contributed by atoms with Crippen LogP contribution in [-0.2, 0) is 17.8 Å². The molecular formula is C20H18O4. The number of hydrogen-bond donors (Lipinski definition) is 2. The zero-order chi connectivity index (χ0) is 16.9. The first-order valence-electron chi connectivity index (χ1n) is 7.77. The Labute approximate surface area is 139 Å². The van der Waals surface area contributed by atoms with Crippen molar-refractivity contribution < 1.29 is 19.7 Å². The van der Waals surface area contributed by atoms with Crippen molar-refractivity contribution in [2.45, 2.75) is 19.4 Å². The summed E-state index contributed by atoms with van der Waals surface area (Å²) in [4.78, 5) is 10.7. The molecule has 0 amide bonds. The second-order valence-electron chi connectivity index (χ2n) is 5.59. The molecule has 3 aromatic rings. The van der Waals surface area contributed by atoms with E-state index in [0.29, 0.717) is 29.7 Å². The van der Waals surface area contributed by atoms with Crippen LogP contribution < -0.4 is 4.74 Å². The number of phenols is 1. The second kappa shape index (κ2) is 7.04. The molecule has 4 nitrogen and oxygen atoms in total. The molecule has 24 heavy (non-hydrogen) atoms. The first kappa shape index (κ1) is 15.9. The van der Waals surface area contributed by atoms with E-state index < -0.39 is 5.97 Å². The number of hydrogen-bond acceptors (Lipinski definition) is 3. The Hall–Kier alpha value is -3.01. The molecule has 0 aliphatic heterocycles. The van der Waals surface area contributed by atoms with Crippen molar-refractivity contribution in [2.24, 2.45) is 0 Å². The topological polar surface area (TPSA) is 66.8 Å². The smallest absolute Gasteiger partial charge is 0.303 e. The van der Waals surface area contributed by atoms with E-state index in [-0.39, 0.29) is 12.2 Å². The Bertz CT molecular complexity index is 856. The number of carboxylic acids is 1. The molecule has 0 fully saturated rings. The van der Waals surface area contributed by atoms with Gasteiger partial charge in [0.05, 0.1) is 0 Å². The largest absolute Gasteiger partial charge is 0.507 e. The SMILES string of the molecule is O=C(O)CCc1ccc2c(OCc3ccccc3)cccc2c1O. The molecule has 122 valence electrons. The number of fused-ring (bicyclic) bond motifs is 1. The number of ether oxygens (including phenoxy) is 1. The molecular weight excluding hydrogens is 304 g/mol. The highest BCUT2D eigenvalue weighted by Crippen LogP contribution is 2.35. The summed E-state index contributed by atoms with van der Waals surface area (Å²) in [7, 11) is 0. The minimum Gasteiger partial charge on any atom is -0.507 e. The minimum atomic E-state index is -0.880. The molecule has 0 saturated heterocycles. The Morgan fingerprint density at radius 3 is 2.46 bits per heavy atom. The van der Waals surface area contributed by atoms with Crippen LogP contribution in [0.2, 0.25) is 0 Å². The molecule has 0 aliphatic rings. The van der Waals surface area contributed by atoms with E-state index in [1.54, 1.807) is 6.07 Å². The Kier molecular flexibility index (Phi) is 4.66. The van der Waals surface area contributed by atoms with Crippen molar-refractivity contribution in [3.8, 4) is 11.5 Å². The third-order valence-electron chi connectivity index (χ3n) is 3.92. The normalized spacial score (nSPS) is 10.7. The van der Waals surface area contributed by atoms with Crippen molar-refractivity contribution in [3.63, 3.8) is 0 Å². The highest BCUT2D eigenvalue weighted by atomic mass is 16.5. The number of aryl methyl sites for hydroxylation is 1. The fraction of sp³-hybridized carbons (Fsp3) is 0.150. The van der Waals surface area contributed by atoms with Gasteiger partial charge in [-0.15, -0.1) is 0 Å². The maximum absolute atomic E-state index is 10.7. The van der Waals surface area contributed by atoms with Crippen molar-refractivity contribution in [1.29, 1.82) is 0 Å². The summed E-state index contributed by atoms with van der Waals surface area (Å²) in [5, 5.41) is 20.7. The molecule has 4 heteroatoms. The van der Waals surface area contributed by atoms with Gasteiger partial charge in [0.15, 0.2) is 0 Å². The zero-order valence-corrected chi connectivity index (χ0v) is 13.1. The quantitative estimate of drug-likeness (QED) is 0.716. The summed E-state index contributed by atoms with van der Waals surface area (Å²) < 4.78 is 5.89. The van der Waals surface area contributed by atoms with Gasteiger partial charge in [-0.05, 0) is 23.6 Å². The molecule has 0 aromatic heterocycles. The Morgan fingerprint density at radius 1 is 0.917 bits per heavy atom. The predicted molar refractivity (Wildman–Crippen MR) is 92.3 cm³/mol. The van der Waals surface area contributed by atoms with E-state index in [2.05, 4.69) is 0 Å². The Morgan fingerprint density at radius 2 is 1.71 bits per heavy atom. The van der Waals surface area contributed by atoms with Crippen LogP contribution in [0.3, 0.4) is 0 Å². The van der Waals surface area contributed by atoms with E-state index >= 15 is 0 Å². The van der Waals surface area contributed by atoms with Crippen LogP contribution in [0.5, 0.6) is 11.5 Å². The predicted octanol–water partition coefficient (Wildman–Crippen LogP) is 4.14. The van der Waals surface area contributed by atoms with Gasteiger partial charge in [-0.1, -0.05) is 54.6 Å². The molecule has 0 bridgehead atoms. The van der Waals surface area contributed by atoms with Gasteiger partial charge in [-0.25, -0.2) is 0 Å². The first-order chi connectivity index (χ1) is 11.6. The highest BCUT2D eigenvalue weighted by Gasteiger charge is 2.11. The van der Waals surface area contributed by atoms with E-state index in [1.807, 2.05) is 54.6 Å². The number of phenolic OH excluding ortho intramolecular Hbond substituents is 1. The molecule has 0 heterocycles. The van der Waals surface area contributed by atoms with Gasteiger partial charge >= 0.3 is 5.97 Å². The van der Waals surface area contributed by atoms with Crippen molar-refractivity contribution >= 4 is 16.7 Å². The summed E-state index contributed by atoms with van der Waals surface area (Å²) in [6, 6.07) is 19.0. The number of benzene rings is 3. The van der Waals surface area contributed by atoms with Crippen LogP contribution in [0, 0.1) is 0 Å². The van der Waals surface area contributed by atoms with Crippen LogP contribution in [0.4, 0.5) is 0 Å². The van der Waals surface area contributed by atoms with Crippen molar-refractivity contribution in [3.05, 3.63) is 71.8 Å². The zero-order valence-electron chi connectivity index (χ0n) is 13.1. The van der Waals surface area contributed by atoms with Gasteiger partial charge in [0.25, 0.3) is 0 Å². The van der Waals surface area contributed by atoms with Crippen molar-refractivity contribution in [2.75, 3.05) is 0 Å². The highest BCUT2D eigenvalue weighted by molar-refractivity contribution is 5.94. The van der Waals surface area contributed by atoms with E-state index in [9.17, 15) is 9.90 Å². The number of rotatable bonds is 6. The summed E-state index contributed by atoms with van der Waals surface area (Å²) >= 11 is 0. The van der Waals surface area contributed by atoms with Gasteiger partial charge in [-0.3, -0.25) is 4.79 Å². The van der Waals surface area contributed by atoms with Crippen LogP contribution in [0.25, 0.3) is 10.8 Å². The summed E-state index contributed by atoms with van der Waals surface area (Å²) in [6.45, 7) is 0.446. The molecule has 0 saturated carbocycles. The fourth-order valence-corrected chi connectivity index (χ4v) is 2.66. The van der Waals surface area contributed by atoms with Crippen molar-refractivity contribution in [1.82, 2.24) is 0 Å². The van der Waals surface area contributed by atoms with E-state index in [4.69, 9.17) is 9.84 Å². The van der Waals surface area contributed by atoms with Crippen LogP contribution in [0.15, 0.2) is 60.7 Å². The first-order valence-corrected chi connectivity index (χ1v) is 7.77. The maximum atomic E-state index is 10.7. The molecule has 0 radical (unpaired) electrons. The average molecular weight is 322 g/mol. The maximum Gasteiger partial charge on any atom is 0.303 e. The van der Waals surface area contributed by atoms with Crippen LogP contribution >= 0.6 is 0 Å². The average Bonchev–Trinajstić information content (AvgIpc) is 2.60. The monoisotopic (exact) mass is 322 g/mol. The summed E-state index contributed by atoms with van der Waals surface area (Å²) in [6.07, 6.45) is 0.287. The summed E-state index contributed by atoms with van der Waals surface area (Å²) in [5.41, 5.74) is 1.70. The summed E-state index contributed by atoms with van der Waals surface area (Å²) in [5.74, 6) is -0.0650. The van der Waals surface area contributed by atoms with Gasteiger partial charge in [0.2, 0.25) is 0 Å².